The van der Waals surface area contributed by atoms with Crippen LogP contribution in [0.1, 0.15) is 54.4 Å². The van der Waals surface area contributed by atoms with Crippen molar-refractivity contribution in [3.8, 4) is 11.3 Å². The van der Waals surface area contributed by atoms with E-state index in [0.29, 0.717) is 12.0 Å². The topological polar surface area (TPSA) is 78.1 Å². The molecule has 5 nitrogen and oxygen atoms in total. The molecule has 33 heavy (non-hydrogen) atoms. The van der Waals surface area contributed by atoms with Crippen LogP contribution in [0.15, 0.2) is 48.8 Å². The maximum Gasteiger partial charge on any atom is 0.185 e. The highest BCUT2D eigenvalue weighted by Gasteiger charge is 2.35. The summed E-state index contributed by atoms with van der Waals surface area (Å²) in [5.41, 5.74) is 5.96. The molecule has 2 atom stereocenters. The van der Waals surface area contributed by atoms with Gasteiger partial charge in [0.05, 0.1) is 17.3 Å². The predicted molar refractivity (Wildman–Crippen MR) is 117 cm³/mol. The van der Waals surface area contributed by atoms with Crippen molar-refractivity contribution in [2.45, 2.75) is 50.9 Å². The van der Waals surface area contributed by atoms with Crippen LogP contribution >= 0.6 is 0 Å². The van der Waals surface area contributed by atoms with Gasteiger partial charge in [0, 0.05) is 24.9 Å². The summed E-state index contributed by atoms with van der Waals surface area (Å²) in [4.78, 5) is 21.1. The van der Waals surface area contributed by atoms with E-state index in [4.69, 9.17) is 10.5 Å². The van der Waals surface area contributed by atoms with Gasteiger partial charge in [-0.15, -0.1) is 0 Å². The standard InChI is InChI=1S/C25H24F3N3O2/c1-25(2)12-15(29)11-22(33-25)16-8-9-30-13-14(16)10-21(32)20-7-6-19(28)24(31-20)23-17(26)4-3-5-18(23)27/h3-9,13,15,22H,10-12,29H2,1-2H3/t15-,22+/m0/s1. The van der Waals surface area contributed by atoms with Gasteiger partial charge in [-0.3, -0.25) is 9.78 Å². The molecule has 1 fully saturated rings. The quantitative estimate of drug-likeness (QED) is 0.551. The molecule has 172 valence electrons. The molecular weight excluding hydrogens is 431 g/mol. The van der Waals surface area contributed by atoms with Gasteiger partial charge in [-0.1, -0.05) is 6.07 Å². The van der Waals surface area contributed by atoms with Gasteiger partial charge in [0.15, 0.2) is 5.78 Å². The number of pyridine rings is 2. The number of halogens is 3. The molecule has 8 heteroatoms. The Balaban J connectivity index is 1.64. The number of ketones is 1. The summed E-state index contributed by atoms with van der Waals surface area (Å²) < 4.78 is 49.0. The number of carbonyl (C=O) groups is 1. The number of ether oxygens (including phenoxy) is 1. The Labute approximate surface area is 189 Å². The molecule has 0 aliphatic carbocycles. The summed E-state index contributed by atoms with van der Waals surface area (Å²) >= 11 is 0. The van der Waals surface area contributed by atoms with Crippen LogP contribution in [0.25, 0.3) is 11.3 Å². The summed E-state index contributed by atoms with van der Waals surface area (Å²) in [5.74, 6) is -3.30. The number of Topliss-reactive ketones (excluding diaryl/α,β-unsaturated/α-hetero) is 1. The minimum absolute atomic E-state index is 0.0487. The fourth-order valence-electron chi connectivity index (χ4n) is 4.32. The average Bonchev–Trinajstić information content (AvgIpc) is 2.73. The molecule has 0 unspecified atom stereocenters. The molecular formula is C25H24F3N3O2. The second-order valence-corrected chi connectivity index (χ2v) is 8.86. The molecule has 1 aromatic carbocycles. The smallest absolute Gasteiger partial charge is 0.185 e. The number of rotatable bonds is 5. The van der Waals surface area contributed by atoms with Crippen LogP contribution in [0, 0.1) is 17.5 Å². The lowest BCUT2D eigenvalue weighted by molar-refractivity contribution is -0.115. The van der Waals surface area contributed by atoms with Gasteiger partial charge < -0.3 is 10.5 Å². The lowest BCUT2D eigenvalue weighted by Crippen LogP contribution is -2.42. The van der Waals surface area contributed by atoms with Gasteiger partial charge in [0.1, 0.15) is 28.8 Å². The van der Waals surface area contributed by atoms with Gasteiger partial charge in [-0.05, 0) is 68.1 Å². The molecule has 1 aliphatic heterocycles. The maximum atomic E-state index is 14.4. The third-order valence-electron chi connectivity index (χ3n) is 5.70. The van der Waals surface area contributed by atoms with E-state index in [1.165, 1.54) is 12.1 Å². The second kappa shape index (κ2) is 9.03. The van der Waals surface area contributed by atoms with E-state index in [-0.39, 0.29) is 24.3 Å². The van der Waals surface area contributed by atoms with Crippen molar-refractivity contribution >= 4 is 5.78 Å². The first-order valence-electron chi connectivity index (χ1n) is 10.6. The van der Waals surface area contributed by atoms with E-state index in [9.17, 15) is 18.0 Å². The third-order valence-corrected chi connectivity index (χ3v) is 5.70. The largest absolute Gasteiger partial charge is 0.368 e. The Bertz CT molecular complexity index is 1180. The Morgan fingerprint density at radius 1 is 1.12 bits per heavy atom. The van der Waals surface area contributed by atoms with E-state index in [0.717, 1.165) is 30.2 Å². The zero-order chi connectivity index (χ0) is 23.8. The first-order chi connectivity index (χ1) is 15.6. The first-order valence-corrected chi connectivity index (χ1v) is 10.6. The van der Waals surface area contributed by atoms with Crippen molar-refractivity contribution in [2.75, 3.05) is 0 Å². The Morgan fingerprint density at radius 2 is 1.85 bits per heavy atom. The highest BCUT2D eigenvalue weighted by atomic mass is 19.1. The number of nitrogens with zero attached hydrogens (tertiary/aromatic N) is 2. The van der Waals surface area contributed by atoms with Gasteiger partial charge >= 0.3 is 0 Å². The van der Waals surface area contributed by atoms with Crippen molar-refractivity contribution < 1.29 is 22.7 Å². The van der Waals surface area contributed by atoms with Crippen LogP contribution in [0.2, 0.25) is 0 Å². The number of hydrogen-bond acceptors (Lipinski definition) is 5. The molecule has 0 bridgehead atoms. The second-order valence-electron chi connectivity index (χ2n) is 8.86. The van der Waals surface area contributed by atoms with E-state index in [1.54, 1.807) is 18.5 Å². The molecule has 2 N–H and O–H groups in total. The third kappa shape index (κ3) is 4.96. The van der Waals surface area contributed by atoms with Gasteiger partial charge in [0.2, 0.25) is 0 Å². The summed E-state index contributed by atoms with van der Waals surface area (Å²) in [6, 6.07) is 7.11. The summed E-state index contributed by atoms with van der Waals surface area (Å²) in [6.07, 6.45) is 4.12. The van der Waals surface area contributed by atoms with Gasteiger partial charge in [0.25, 0.3) is 0 Å². The lowest BCUT2D eigenvalue weighted by atomic mass is 9.87. The van der Waals surface area contributed by atoms with Crippen molar-refractivity contribution in [3.05, 3.63) is 83.1 Å². The molecule has 3 heterocycles. The van der Waals surface area contributed by atoms with Gasteiger partial charge in [-0.25, -0.2) is 18.2 Å². The summed E-state index contributed by atoms with van der Waals surface area (Å²) in [6.45, 7) is 3.94. The molecule has 1 saturated heterocycles. The van der Waals surface area contributed by atoms with Crippen LogP contribution < -0.4 is 5.73 Å². The highest BCUT2D eigenvalue weighted by molar-refractivity contribution is 5.96. The molecule has 0 spiro atoms. The molecule has 0 radical (unpaired) electrons. The number of carbonyl (C=O) groups excluding carboxylic acids is 1. The van der Waals surface area contributed by atoms with Crippen LogP contribution in [0.5, 0.6) is 0 Å². The highest BCUT2D eigenvalue weighted by Crippen LogP contribution is 2.37. The van der Waals surface area contributed by atoms with Crippen LogP contribution in [-0.4, -0.2) is 27.4 Å². The minimum Gasteiger partial charge on any atom is -0.368 e. The maximum absolute atomic E-state index is 14.4. The fourth-order valence-corrected chi connectivity index (χ4v) is 4.32. The monoisotopic (exact) mass is 455 g/mol. The molecule has 2 aromatic heterocycles. The number of nitrogens with two attached hydrogens (primary N) is 1. The van der Waals surface area contributed by atoms with Crippen molar-refractivity contribution in [1.82, 2.24) is 9.97 Å². The Kier molecular flexibility index (Phi) is 6.32. The zero-order valence-corrected chi connectivity index (χ0v) is 18.3. The van der Waals surface area contributed by atoms with E-state index in [1.807, 2.05) is 13.8 Å². The number of benzene rings is 1. The molecule has 0 saturated carbocycles. The number of hydrogen-bond donors (Lipinski definition) is 1. The summed E-state index contributed by atoms with van der Waals surface area (Å²) in [7, 11) is 0. The van der Waals surface area contributed by atoms with Crippen molar-refractivity contribution in [2.24, 2.45) is 5.73 Å². The molecule has 0 amide bonds. The van der Waals surface area contributed by atoms with Crippen LogP contribution in [0.3, 0.4) is 0 Å². The van der Waals surface area contributed by atoms with E-state index < -0.39 is 40.1 Å². The van der Waals surface area contributed by atoms with E-state index in [2.05, 4.69) is 9.97 Å². The SMILES string of the molecule is CC1(C)C[C@@H](N)C[C@H](c2ccncc2CC(=O)c2ccc(F)c(-c3c(F)cccc3F)n2)O1. The molecule has 3 aromatic rings. The Hall–Kier alpha value is -3.10. The number of aromatic nitrogens is 2. The average molecular weight is 455 g/mol. The fraction of sp³-hybridized carbons (Fsp3) is 0.320. The van der Waals surface area contributed by atoms with Crippen molar-refractivity contribution in [1.29, 1.82) is 0 Å². The van der Waals surface area contributed by atoms with Gasteiger partial charge in [-0.2, -0.15) is 0 Å². The Morgan fingerprint density at radius 3 is 2.55 bits per heavy atom. The van der Waals surface area contributed by atoms with E-state index >= 15 is 0 Å². The lowest BCUT2D eigenvalue weighted by Gasteiger charge is -2.40. The molecule has 4 rings (SSSR count). The predicted octanol–water partition coefficient (Wildman–Crippen LogP) is 4.94. The first kappa shape index (κ1) is 23.1. The normalized spacial score (nSPS) is 19.9. The van der Waals surface area contributed by atoms with Crippen LogP contribution in [-0.2, 0) is 11.2 Å². The van der Waals surface area contributed by atoms with Crippen molar-refractivity contribution in [3.63, 3.8) is 0 Å². The molecule has 1 aliphatic rings. The summed E-state index contributed by atoms with van der Waals surface area (Å²) in [5, 5.41) is 0. The minimum atomic E-state index is -0.964. The zero-order valence-electron chi connectivity index (χ0n) is 18.3. The van der Waals surface area contributed by atoms with Crippen LogP contribution in [0.4, 0.5) is 13.2 Å².